The van der Waals surface area contributed by atoms with Crippen LogP contribution in [0.5, 0.6) is 0 Å². The molecule has 0 radical (unpaired) electrons. The first-order chi connectivity index (χ1) is 9.52. The number of halogens is 1. The lowest BCUT2D eigenvalue weighted by Gasteiger charge is -2.28. The van der Waals surface area contributed by atoms with Crippen molar-refractivity contribution in [2.75, 3.05) is 17.7 Å². The van der Waals surface area contributed by atoms with Gasteiger partial charge in [0.15, 0.2) is 0 Å². The lowest BCUT2D eigenvalue weighted by molar-refractivity contribution is 0.741. The van der Waals surface area contributed by atoms with E-state index in [9.17, 15) is 0 Å². The minimum absolute atomic E-state index is 0.128. The molecule has 2 aromatic rings. The van der Waals surface area contributed by atoms with E-state index >= 15 is 0 Å². The van der Waals surface area contributed by atoms with Gasteiger partial charge in [-0.15, -0.1) is 0 Å². The summed E-state index contributed by atoms with van der Waals surface area (Å²) in [6, 6.07) is 15.3. The minimum Gasteiger partial charge on any atom is -0.397 e. The van der Waals surface area contributed by atoms with Crippen LogP contribution in [0.15, 0.2) is 42.5 Å². The molecule has 2 rings (SSSR count). The quantitative estimate of drug-likeness (QED) is 0.868. The molecule has 0 spiro atoms. The summed E-state index contributed by atoms with van der Waals surface area (Å²) >= 11 is 5.91. The van der Waals surface area contributed by atoms with Gasteiger partial charge in [0, 0.05) is 12.1 Å². The Balaban J connectivity index is 2.33. The van der Waals surface area contributed by atoms with Crippen molar-refractivity contribution in [1.29, 1.82) is 5.26 Å². The van der Waals surface area contributed by atoms with Gasteiger partial charge in [-0.3, -0.25) is 0 Å². The van der Waals surface area contributed by atoms with Gasteiger partial charge in [-0.05, 0) is 42.8 Å². The second kappa shape index (κ2) is 5.85. The maximum Gasteiger partial charge on any atom is 0.0992 e. The van der Waals surface area contributed by atoms with Crippen LogP contribution in [-0.4, -0.2) is 7.05 Å². The van der Waals surface area contributed by atoms with Gasteiger partial charge in [0.05, 0.1) is 29.0 Å². The molecule has 0 bridgehead atoms. The highest BCUT2D eigenvalue weighted by atomic mass is 35.5. The number of rotatable bonds is 3. The Hall–Kier alpha value is -2.18. The summed E-state index contributed by atoms with van der Waals surface area (Å²) < 4.78 is 0. The molecule has 2 aromatic carbocycles. The van der Waals surface area contributed by atoms with Crippen molar-refractivity contribution in [2.24, 2.45) is 0 Å². The standard InChI is InChI=1S/C16H16ClN3/c1-11(13-4-6-14(17)7-5-13)20(2)16-9-12(10-18)3-8-15(16)19/h3-9,11H,19H2,1-2H3. The zero-order valence-electron chi connectivity index (χ0n) is 11.5. The summed E-state index contributed by atoms with van der Waals surface area (Å²) in [5.41, 5.74) is 9.26. The Morgan fingerprint density at radius 1 is 1.20 bits per heavy atom. The summed E-state index contributed by atoms with van der Waals surface area (Å²) in [6.45, 7) is 2.09. The first-order valence-corrected chi connectivity index (χ1v) is 6.68. The smallest absolute Gasteiger partial charge is 0.0992 e. The first-order valence-electron chi connectivity index (χ1n) is 6.31. The molecule has 0 heterocycles. The highest BCUT2D eigenvalue weighted by Crippen LogP contribution is 2.31. The Morgan fingerprint density at radius 2 is 1.85 bits per heavy atom. The summed E-state index contributed by atoms with van der Waals surface area (Å²) in [4.78, 5) is 2.05. The van der Waals surface area contributed by atoms with Crippen LogP contribution in [0.3, 0.4) is 0 Å². The Labute approximate surface area is 124 Å². The second-order valence-electron chi connectivity index (χ2n) is 4.72. The third kappa shape index (κ3) is 2.87. The number of nitrogens with zero attached hydrogens (tertiary/aromatic N) is 2. The number of nitriles is 1. The molecule has 102 valence electrons. The largest absolute Gasteiger partial charge is 0.397 e. The number of anilines is 2. The zero-order valence-corrected chi connectivity index (χ0v) is 12.2. The molecule has 20 heavy (non-hydrogen) atoms. The van der Waals surface area contributed by atoms with Gasteiger partial charge in [-0.2, -0.15) is 5.26 Å². The van der Waals surface area contributed by atoms with Gasteiger partial charge in [-0.1, -0.05) is 23.7 Å². The predicted octanol–water partition coefficient (Wildman–Crippen LogP) is 3.99. The van der Waals surface area contributed by atoms with Gasteiger partial charge in [0.1, 0.15) is 0 Å². The average molecular weight is 286 g/mol. The fraction of sp³-hybridized carbons (Fsp3) is 0.188. The lowest BCUT2D eigenvalue weighted by Crippen LogP contribution is -2.22. The molecular weight excluding hydrogens is 270 g/mol. The normalized spacial score (nSPS) is 11.7. The Kier molecular flexibility index (Phi) is 4.16. The summed E-state index contributed by atoms with van der Waals surface area (Å²) in [5, 5.41) is 9.71. The second-order valence-corrected chi connectivity index (χ2v) is 5.16. The maximum atomic E-state index is 9.00. The van der Waals surface area contributed by atoms with Gasteiger partial charge in [0.2, 0.25) is 0 Å². The molecule has 0 aliphatic carbocycles. The van der Waals surface area contributed by atoms with Crippen molar-refractivity contribution >= 4 is 23.0 Å². The topological polar surface area (TPSA) is 53.0 Å². The molecule has 3 nitrogen and oxygen atoms in total. The number of benzene rings is 2. The number of nitrogens with two attached hydrogens (primary N) is 1. The molecule has 1 atom stereocenters. The van der Waals surface area contributed by atoms with Crippen LogP contribution in [0, 0.1) is 11.3 Å². The van der Waals surface area contributed by atoms with Crippen LogP contribution in [0.4, 0.5) is 11.4 Å². The molecule has 0 fully saturated rings. The van der Waals surface area contributed by atoms with E-state index in [1.807, 2.05) is 37.4 Å². The van der Waals surface area contributed by atoms with E-state index in [1.54, 1.807) is 12.1 Å². The first kappa shape index (κ1) is 14.2. The molecular formula is C16H16ClN3. The lowest BCUT2D eigenvalue weighted by atomic mass is 10.1. The fourth-order valence-corrected chi connectivity index (χ4v) is 2.22. The predicted molar refractivity (Wildman–Crippen MR) is 83.8 cm³/mol. The van der Waals surface area contributed by atoms with Crippen LogP contribution in [-0.2, 0) is 0 Å². The molecule has 2 N–H and O–H groups in total. The summed E-state index contributed by atoms with van der Waals surface area (Å²) in [7, 11) is 1.96. The number of nitrogen functional groups attached to an aromatic ring is 1. The van der Waals surface area contributed by atoms with E-state index in [2.05, 4.69) is 17.9 Å². The summed E-state index contributed by atoms with van der Waals surface area (Å²) in [6.07, 6.45) is 0. The van der Waals surface area contributed by atoms with E-state index < -0.39 is 0 Å². The van der Waals surface area contributed by atoms with Crippen LogP contribution < -0.4 is 10.6 Å². The van der Waals surface area contributed by atoms with E-state index in [1.165, 1.54) is 0 Å². The Bertz CT molecular complexity index is 644. The monoisotopic (exact) mass is 285 g/mol. The van der Waals surface area contributed by atoms with Gasteiger partial charge in [-0.25, -0.2) is 0 Å². The van der Waals surface area contributed by atoms with Crippen molar-refractivity contribution in [3.63, 3.8) is 0 Å². The molecule has 0 saturated heterocycles. The van der Waals surface area contributed by atoms with E-state index in [0.717, 1.165) is 16.3 Å². The molecule has 1 unspecified atom stereocenters. The molecule has 0 aliphatic rings. The Morgan fingerprint density at radius 3 is 2.45 bits per heavy atom. The van der Waals surface area contributed by atoms with Crippen molar-refractivity contribution in [2.45, 2.75) is 13.0 Å². The van der Waals surface area contributed by atoms with Gasteiger partial charge >= 0.3 is 0 Å². The number of hydrogen-bond donors (Lipinski definition) is 1. The molecule has 0 aliphatic heterocycles. The zero-order chi connectivity index (χ0) is 14.7. The van der Waals surface area contributed by atoms with Crippen LogP contribution >= 0.6 is 11.6 Å². The van der Waals surface area contributed by atoms with Crippen molar-refractivity contribution in [3.8, 4) is 6.07 Å². The van der Waals surface area contributed by atoms with Crippen LogP contribution in [0.1, 0.15) is 24.1 Å². The molecule has 0 aromatic heterocycles. The van der Waals surface area contributed by atoms with E-state index in [0.29, 0.717) is 11.3 Å². The maximum absolute atomic E-state index is 9.00. The molecule has 0 saturated carbocycles. The fourth-order valence-electron chi connectivity index (χ4n) is 2.09. The minimum atomic E-state index is 0.128. The van der Waals surface area contributed by atoms with Crippen LogP contribution in [0.2, 0.25) is 5.02 Å². The van der Waals surface area contributed by atoms with Crippen molar-refractivity contribution in [1.82, 2.24) is 0 Å². The van der Waals surface area contributed by atoms with E-state index in [4.69, 9.17) is 22.6 Å². The third-order valence-electron chi connectivity index (χ3n) is 3.47. The average Bonchev–Trinajstić information content (AvgIpc) is 2.47. The SMILES string of the molecule is CC(c1ccc(Cl)cc1)N(C)c1cc(C#N)ccc1N. The number of hydrogen-bond acceptors (Lipinski definition) is 3. The highest BCUT2D eigenvalue weighted by molar-refractivity contribution is 6.30. The van der Waals surface area contributed by atoms with Gasteiger partial charge < -0.3 is 10.6 Å². The molecule has 0 amide bonds. The highest BCUT2D eigenvalue weighted by Gasteiger charge is 2.15. The van der Waals surface area contributed by atoms with Crippen molar-refractivity contribution < 1.29 is 0 Å². The van der Waals surface area contributed by atoms with Crippen LogP contribution in [0.25, 0.3) is 0 Å². The third-order valence-corrected chi connectivity index (χ3v) is 3.72. The van der Waals surface area contributed by atoms with Crippen molar-refractivity contribution in [3.05, 3.63) is 58.6 Å². The van der Waals surface area contributed by atoms with E-state index in [-0.39, 0.29) is 6.04 Å². The van der Waals surface area contributed by atoms with Gasteiger partial charge in [0.25, 0.3) is 0 Å². The molecule has 4 heteroatoms. The summed E-state index contributed by atoms with van der Waals surface area (Å²) in [5.74, 6) is 0.